The van der Waals surface area contributed by atoms with Crippen molar-refractivity contribution in [1.82, 2.24) is 15.3 Å². The number of aromatic nitrogens is 2. The fourth-order valence-electron chi connectivity index (χ4n) is 3.74. The molecule has 2 heterocycles. The average molecular weight is 430 g/mol. The van der Waals surface area contributed by atoms with E-state index >= 15 is 0 Å². The summed E-state index contributed by atoms with van der Waals surface area (Å²) in [7, 11) is 3.98. The van der Waals surface area contributed by atoms with E-state index in [-0.39, 0.29) is 11.9 Å². The Kier molecular flexibility index (Phi) is 5.87. The van der Waals surface area contributed by atoms with Gasteiger partial charge in [0, 0.05) is 31.6 Å². The number of benzene rings is 1. The Morgan fingerprint density at radius 1 is 1.10 bits per heavy atom. The third kappa shape index (κ3) is 4.46. The SMILES string of the molecule is CN(C)c1nc(NC2CCC(NC(=O)c3sccc3Cl)CC2)nc2ccccc12. The number of fused-ring (bicyclic) bond motifs is 1. The van der Waals surface area contributed by atoms with E-state index in [1.807, 2.05) is 48.6 Å². The van der Waals surface area contributed by atoms with Crippen LogP contribution in [0, 0.1) is 0 Å². The molecule has 4 rings (SSSR count). The van der Waals surface area contributed by atoms with Crippen molar-refractivity contribution in [1.29, 1.82) is 0 Å². The van der Waals surface area contributed by atoms with Crippen LogP contribution in [0.15, 0.2) is 35.7 Å². The molecule has 0 bridgehead atoms. The number of carbonyl (C=O) groups excluding carboxylic acids is 1. The number of rotatable bonds is 5. The van der Waals surface area contributed by atoms with Gasteiger partial charge in [0.1, 0.15) is 10.7 Å². The minimum atomic E-state index is -0.0742. The van der Waals surface area contributed by atoms with E-state index in [1.54, 1.807) is 6.07 Å². The number of nitrogens with zero attached hydrogens (tertiary/aromatic N) is 3. The zero-order valence-corrected chi connectivity index (χ0v) is 18.1. The topological polar surface area (TPSA) is 70.2 Å². The molecule has 0 aliphatic heterocycles. The van der Waals surface area contributed by atoms with Crippen molar-refractivity contribution in [2.24, 2.45) is 0 Å². The van der Waals surface area contributed by atoms with Crippen LogP contribution in [0.4, 0.5) is 11.8 Å². The molecule has 2 N–H and O–H groups in total. The van der Waals surface area contributed by atoms with Gasteiger partial charge in [0.2, 0.25) is 5.95 Å². The number of thiophene rings is 1. The van der Waals surface area contributed by atoms with Gasteiger partial charge < -0.3 is 15.5 Å². The smallest absolute Gasteiger partial charge is 0.263 e. The summed E-state index contributed by atoms with van der Waals surface area (Å²) < 4.78 is 0. The number of para-hydroxylation sites is 1. The van der Waals surface area contributed by atoms with Gasteiger partial charge in [-0.05, 0) is 49.3 Å². The standard InChI is InChI=1S/C21H24ClN5OS/c1-27(2)19-15-5-3-4-6-17(15)25-21(26-19)24-14-9-7-13(8-10-14)23-20(28)18-16(22)11-12-29-18/h3-6,11-14H,7-10H2,1-2H3,(H,23,28)(H,24,25,26). The molecule has 0 radical (unpaired) electrons. The second kappa shape index (κ2) is 8.55. The summed E-state index contributed by atoms with van der Waals surface area (Å²) in [6, 6.07) is 10.3. The molecular weight excluding hydrogens is 406 g/mol. The normalized spacial score (nSPS) is 19.1. The largest absolute Gasteiger partial charge is 0.362 e. The maximum absolute atomic E-state index is 12.4. The highest BCUT2D eigenvalue weighted by atomic mass is 35.5. The molecule has 1 aliphatic carbocycles. The first-order chi connectivity index (χ1) is 14.0. The van der Waals surface area contributed by atoms with Crippen molar-refractivity contribution in [2.45, 2.75) is 37.8 Å². The van der Waals surface area contributed by atoms with Crippen molar-refractivity contribution < 1.29 is 4.79 Å². The van der Waals surface area contributed by atoms with E-state index in [2.05, 4.69) is 10.6 Å². The molecule has 0 atom stereocenters. The lowest BCUT2D eigenvalue weighted by Crippen LogP contribution is -2.40. The van der Waals surface area contributed by atoms with Gasteiger partial charge in [-0.25, -0.2) is 4.98 Å². The molecule has 0 saturated heterocycles. The lowest BCUT2D eigenvalue weighted by atomic mass is 9.91. The Balaban J connectivity index is 1.38. The van der Waals surface area contributed by atoms with Gasteiger partial charge in [0.05, 0.1) is 10.5 Å². The Labute approximate surface area is 179 Å². The molecule has 3 aromatic rings. The Morgan fingerprint density at radius 3 is 2.52 bits per heavy atom. The van der Waals surface area contributed by atoms with Crippen LogP contribution < -0.4 is 15.5 Å². The van der Waals surface area contributed by atoms with Crippen LogP contribution in [-0.2, 0) is 0 Å². The molecular formula is C21H24ClN5OS. The highest BCUT2D eigenvalue weighted by Crippen LogP contribution is 2.27. The molecule has 1 amide bonds. The summed E-state index contributed by atoms with van der Waals surface area (Å²) in [6.45, 7) is 0. The van der Waals surface area contributed by atoms with Gasteiger partial charge in [0.15, 0.2) is 0 Å². The van der Waals surface area contributed by atoms with E-state index < -0.39 is 0 Å². The number of halogens is 1. The maximum Gasteiger partial charge on any atom is 0.263 e. The summed E-state index contributed by atoms with van der Waals surface area (Å²) in [4.78, 5) is 24.4. The first-order valence-corrected chi connectivity index (χ1v) is 11.0. The van der Waals surface area contributed by atoms with Crippen LogP contribution in [0.1, 0.15) is 35.4 Å². The molecule has 152 valence electrons. The summed E-state index contributed by atoms with van der Waals surface area (Å²) in [5, 5.41) is 10.0. The minimum Gasteiger partial charge on any atom is -0.362 e. The lowest BCUT2D eigenvalue weighted by Gasteiger charge is -2.30. The molecule has 6 nitrogen and oxygen atoms in total. The Morgan fingerprint density at radius 2 is 1.83 bits per heavy atom. The van der Waals surface area contributed by atoms with E-state index in [0.717, 1.165) is 42.4 Å². The monoisotopic (exact) mass is 429 g/mol. The predicted molar refractivity (Wildman–Crippen MR) is 120 cm³/mol. The number of hydrogen-bond donors (Lipinski definition) is 2. The number of anilines is 2. The average Bonchev–Trinajstić information content (AvgIpc) is 3.15. The van der Waals surface area contributed by atoms with E-state index in [0.29, 0.717) is 21.9 Å². The molecule has 1 aromatic carbocycles. The first-order valence-electron chi connectivity index (χ1n) is 9.76. The van der Waals surface area contributed by atoms with Crippen molar-refractivity contribution in [3.8, 4) is 0 Å². The highest BCUT2D eigenvalue weighted by molar-refractivity contribution is 7.12. The Bertz CT molecular complexity index is 1010. The Hall–Kier alpha value is -2.38. The first kappa shape index (κ1) is 19.9. The number of carbonyl (C=O) groups is 1. The fraction of sp³-hybridized carbons (Fsp3) is 0.381. The van der Waals surface area contributed by atoms with Crippen molar-refractivity contribution >= 4 is 51.5 Å². The number of hydrogen-bond acceptors (Lipinski definition) is 6. The molecule has 1 saturated carbocycles. The quantitative estimate of drug-likeness (QED) is 0.622. The van der Waals surface area contributed by atoms with Crippen LogP contribution in [0.5, 0.6) is 0 Å². The molecule has 0 spiro atoms. The van der Waals surface area contributed by atoms with Crippen LogP contribution in [0.25, 0.3) is 10.9 Å². The van der Waals surface area contributed by atoms with Crippen LogP contribution in [0.3, 0.4) is 0 Å². The summed E-state index contributed by atoms with van der Waals surface area (Å²) in [5.74, 6) is 1.49. The second-order valence-corrected chi connectivity index (χ2v) is 8.87. The number of amides is 1. The second-order valence-electron chi connectivity index (χ2n) is 7.55. The van der Waals surface area contributed by atoms with Gasteiger partial charge in [-0.15, -0.1) is 11.3 Å². The molecule has 2 aromatic heterocycles. The summed E-state index contributed by atoms with van der Waals surface area (Å²) in [6.07, 6.45) is 3.74. The van der Waals surface area contributed by atoms with Gasteiger partial charge in [-0.3, -0.25) is 4.79 Å². The molecule has 0 unspecified atom stereocenters. The predicted octanol–water partition coefficient (Wildman–Crippen LogP) is 4.56. The van der Waals surface area contributed by atoms with E-state index in [9.17, 15) is 4.79 Å². The van der Waals surface area contributed by atoms with Crippen molar-refractivity contribution in [3.63, 3.8) is 0 Å². The van der Waals surface area contributed by atoms with Crippen LogP contribution in [0.2, 0.25) is 5.02 Å². The maximum atomic E-state index is 12.4. The third-order valence-corrected chi connectivity index (χ3v) is 6.57. The fourth-order valence-corrected chi connectivity index (χ4v) is 4.78. The zero-order valence-electron chi connectivity index (χ0n) is 16.5. The van der Waals surface area contributed by atoms with Gasteiger partial charge >= 0.3 is 0 Å². The summed E-state index contributed by atoms with van der Waals surface area (Å²) >= 11 is 7.44. The molecule has 1 fully saturated rings. The van der Waals surface area contributed by atoms with Crippen LogP contribution in [-0.4, -0.2) is 42.1 Å². The molecule has 29 heavy (non-hydrogen) atoms. The highest BCUT2D eigenvalue weighted by Gasteiger charge is 2.24. The van der Waals surface area contributed by atoms with Gasteiger partial charge in [-0.2, -0.15) is 4.98 Å². The number of nitrogens with one attached hydrogen (secondary N) is 2. The zero-order chi connectivity index (χ0) is 20.4. The van der Waals surface area contributed by atoms with Crippen molar-refractivity contribution in [3.05, 3.63) is 45.6 Å². The lowest BCUT2D eigenvalue weighted by molar-refractivity contribution is 0.0931. The molecule has 8 heteroatoms. The van der Waals surface area contributed by atoms with Crippen molar-refractivity contribution in [2.75, 3.05) is 24.3 Å². The van der Waals surface area contributed by atoms with Gasteiger partial charge in [0.25, 0.3) is 5.91 Å². The minimum absolute atomic E-state index is 0.0742. The summed E-state index contributed by atoms with van der Waals surface area (Å²) in [5.41, 5.74) is 0.933. The van der Waals surface area contributed by atoms with Crippen LogP contribution >= 0.6 is 22.9 Å². The van der Waals surface area contributed by atoms with E-state index in [4.69, 9.17) is 21.6 Å². The molecule has 1 aliphatic rings. The van der Waals surface area contributed by atoms with Gasteiger partial charge in [-0.1, -0.05) is 23.7 Å². The third-order valence-electron chi connectivity index (χ3n) is 5.23. The van der Waals surface area contributed by atoms with E-state index in [1.165, 1.54) is 11.3 Å².